The van der Waals surface area contributed by atoms with Crippen LogP contribution in [0.15, 0.2) is 42.7 Å². The zero-order valence-corrected chi connectivity index (χ0v) is 19.4. The average molecular weight is 451 g/mol. The molecule has 1 aromatic carbocycles. The van der Waals surface area contributed by atoms with Crippen LogP contribution in [0.25, 0.3) is 0 Å². The Morgan fingerprint density at radius 3 is 2.67 bits per heavy atom. The lowest BCUT2D eigenvalue weighted by Gasteiger charge is -2.54. The number of likely N-dealkylation sites (tertiary alicyclic amines) is 1. The molecule has 3 heterocycles. The van der Waals surface area contributed by atoms with Gasteiger partial charge in [-0.05, 0) is 63.1 Å². The summed E-state index contributed by atoms with van der Waals surface area (Å²) in [6, 6.07) is 8.87. The molecule has 1 aromatic heterocycles. The van der Waals surface area contributed by atoms with Gasteiger partial charge in [0.15, 0.2) is 5.78 Å². The summed E-state index contributed by atoms with van der Waals surface area (Å²) in [7, 11) is 0. The van der Waals surface area contributed by atoms with Crippen molar-refractivity contribution in [3.05, 3.63) is 59.4 Å². The Kier molecular flexibility index (Phi) is 6.61. The molecule has 0 N–H and O–H groups in total. The number of carbonyl (C=O) groups is 3. The molecule has 2 aromatic rings. The second-order valence-corrected chi connectivity index (χ2v) is 9.28. The maximum Gasteiger partial charge on any atom is 0.253 e. The van der Waals surface area contributed by atoms with Gasteiger partial charge in [-0.25, -0.2) is 0 Å². The van der Waals surface area contributed by atoms with E-state index in [0.717, 1.165) is 11.3 Å². The van der Waals surface area contributed by atoms with Crippen LogP contribution in [0, 0.1) is 12.8 Å². The van der Waals surface area contributed by atoms with Crippen LogP contribution < -0.4 is 4.74 Å². The molecule has 1 amide bonds. The van der Waals surface area contributed by atoms with Crippen LogP contribution in [0.3, 0.4) is 0 Å². The number of ether oxygens (including phenoxy) is 2. The molecule has 0 saturated carbocycles. The van der Waals surface area contributed by atoms with Crippen molar-refractivity contribution >= 4 is 17.5 Å². The Morgan fingerprint density at radius 1 is 1.24 bits per heavy atom. The van der Waals surface area contributed by atoms with Crippen molar-refractivity contribution in [3.8, 4) is 5.75 Å². The van der Waals surface area contributed by atoms with Crippen molar-refractivity contribution in [2.75, 3.05) is 19.7 Å². The normalized spacial score (nSPS) is 21.8. The van der Waals surface area contributed by atoms with Crippen LogP contribution >= 0.6 is 0 Å². The number of pyridine rings is 1. The number of ketones is 2. The molecule has 2 saturated heterocycles. The second-order valence-electron chi connectivity index (χ2n) is 9.28. The third-order valence-corrected chi connectivity index (χ3v) is 6.47. The number of aromatic nitrogens is 1. The van der Waals surface area contributed by atoms with Gasteiger partial charge in [-0.15, -0.1) is 0 Å². The molecular weight excluding hydrogens is 420 g/mol. The minimum atomic E-state index is -0.562. The number of Topliss-reactive ketones (excluding diaryl/α,β-unsaturated/α-hetero) is 2. The highest BCUT2D eigenvalue weighted by atomic mass is 16.5. The van der Waals surface area contributed by atoms with Crippen molar-refractivity contribution in [3.63, 3.8) is 0 Å². The van der Waals surface area contributed by atoms with Gasteiger partial charge >= 0.3 is 0 Å². The fourth-order valence-electron chi connectivity index (χ4n) is 4.64. The van der Waals surface area contributed by atoms with Gasteiger partial charge < -0.3 is 14.4 Å². The summed E-state index contributed by atoms with van der Waals surface area (Å²) in [5.41, 5.74) is 1.44. The minimum Gasteiger partial charge on any atom is -0.491 e. The Bertz CT molecular complexity index is 1050. The molecule has 2 aliphatic rings. The Balaban J connectivity index is 1.35. The van der Waals surface area contributed by atoms with E-state index < -0.39 is 5.60 Å². The van der Waals surface area contributed by atoms with Gasteiger partial charge in [0.25, 0.3) is 5.91 Å². The first-order valence-corrected chi connectivity index (χ1v) is 11.4. The highest BCUT2D eigenvalue weighted by Gasteiger charge is 2.53. The molecule has 0 spiro atoms. The highest BCUT2D eigenvalue weighted by molar-refractivity contribution is 6.08. The third kappa shape index (κ3) is 4.98. The minimum absolute atomic E-state index is 0.0206. The molecule has 2 unspecified atom stereocenters. The molecule has 7 nitrogen and oxygen atoms in total. The highest BCUT2D eigenvalue weighted by Crippen LogP contribution is 2.43. The number of hydrogen-bond donors (Lipinski definition) is 0. The maximum absolute atomic E-state index is 13.1. The molecule has 2 atom stereocenters. The van der Waals surface area contributed by atoms with Crippen LogP contribution in [0.5, 0.6) is 5.75 Å². The number of amides is 1. The van der Waals surface area contributed by atoms with E-state index in [9.17, 15) is 14.4 Å². The van der Waals surface area contributed by atoms with E-state index in [4.69, 9.17) is 9.47 Å². The fourth-order valence-corrected chi connectivity index (χ4v) is 4.64. The summed E-state index contributed by atoms with van der Waals surface area (Å²) in [5, 5.41) is 0. The Hall–Kier alpha value is -3.06. The molecule has 2 aliphatic heterocycles. The zero-order valence-electron chi connectivity index (χ0n) is 19.4. The lowest BCUT2D eigenvalue weighted by atomic mass is 9.73. The van der Waals surface area contributed by atoms with Crippen LogP contribution in [-0.4, -0.2) is 58.8 Å². The topological polar surface area (TPSA) is 85.8 Å². The lowest BCUT2D eigenvalue weighted by molar-refractivity contribution is -0.228. The number of benzene rings is 1. The van der Waals surface area contributed by atoms with Gasteiger partial charge in [-0.2, -0.15) is 0 Å². The van der Waals surface area contributed by atoms with Gasteiger partial charge in [-0.3, -0.25) is 19.4 Å². The van der Waals surface area contributed by atoms with Crippen molar-refractivity contribution in [2.24, 2.45) is 5.92 Å². The van der Waals surface area contributed by atoms with Gasteiger partial charge in [0.2, 0.25) is 0 Å². The van der Waals surface area contributed by atoms with E-state index in [0.29, 0.717) is 37.2 Å². The summed E-state index contributed by atoms with van der Waals surface area (Å²) in [4.78, 5) is 43.9. The summed E-state index contributed by atoms with van der Waals surface area (Å²) in [5.74, 6) is 0.494. The standard InChI is InChI=1S/C26H30N2O5/c1-17(2)33-24-7-6-19(11-18(24)3)25(31)28-10-8-26(21(15-28)16-32-26)13-22(29)12-23(30)20-5-4-9-27-14-20/h4-7,9,11,14,17,21H,8,10,12-13,15-16H2,1-3H3. The number of aryl methyl sites for hydroxylation is 1. The van der Waals surface area contributed by atoms with Crippen LogP contribution in [0.1, 0.15) is 59.4 Å². The molecular formula is C26H30N2O5. The van der Waals surface area contributed by atoms with Gasteiger partial charge in [-0.1, -0.05) is 0 Å². The smallest absolute Gasteiger partial charge is 0.253 e. The molecule has 7 heteroatoms. The van der Waals surface area contributed by atoms with Gasteiger partial charge in [0, 0.05) is 48.9 Å². The average Bonchev–Trinajstić information content (AvgIpc) is 2.78. The fraction of sp³-hybridized carbons (Fsp3) is 0.462. The largest absolute Gasteiger partial charge is 0.491 e. The van der Waals surface area contributed by atoms with E-state index in [1.165, 1.54) is 6.20 Å². The number of nitrogens with zero attached hydrogens (tertiary/aromatic N) is 2. The van der Waals surface area contributed by atoms with Crippen molar-refractivity contribution in [1.29, 1.82) is 0 Å². The predicted octanol–water partition coefficient (Wildman–Crippen LogP) is 3.64. The quantitative estimate of drug-likeness (QED) is 0.451. The van der Waals surface area contributed by atoms with Gasteiger partial charge in [0.1, 0.15) is 11.5 Å². The first kappa shape index (κ1) is 23.1. The molecule has 33 heavy (non-hydrogen) atoms. The van der Waals surface area contributed by atoms with E-state index in [-0.39, 0.29) is 42.3 Å². The number of hydrogen-bond acceptors (Lipinski definition) is 6. The van der Waals surface area contributed by atoms with Crippen molar-refractivity contribution in [1.82, 2.24) is 9.88 Å². The molecule has 0 bridgehead atoms. The van der Waals surface area contributed by atoms with E-state index in [1.54, 1.807) is 24.4 Å². The van der Waals surface area contributed by atoms with E-state index in [1.807, 2.05) is 37.8 Å². The summed E-state index contributed by atoms with van der Waals surface area (Å²) in [6.45, 7) is 7.47. The van der Waals surface area contributed by atoms with Gasteiger partial charge in [0.05, 0.1) is 24.7 Å². The van der Waals surface area contributed by atoms with Crippen molar-refractivity contribution < 1.29 is 23.9 Å². The molecule has 0 radical (unpaired) electrons. The van der Waals surface area contributed by atoms with E-state index in [2.05, 4.69) is 4.98 Å². The second kappa shape index (κ2) is 9.43. The number of piperidine rings is 1. The van der Waals surface area contributed by atoms with E-state index >= 15 is 0 Å². The van der Waals surface area contributed by atoms with Crippen molar-refractivity contribution in [2.45, 2.75) is 51.7 Å². The van der Waals surface area contributed by atoms with Crippen LogP contribution in [0.4, 0.5) is 0 Å². The molecule has 2 fully saturated rings. The monoisotopic (exact) mass is 450 g/mol. The molecule has 174 valence electrons. The van der Waals surface area contributed by atoms with Crippen LogP contribution in [-0.2, 0) is 9.53 Å². The Labute approximate surface area is 194 Å². The maximum atomic E-state index is 13.1. The first-order chi connectivity index (χ1) is 15.8. The summed E-state index contributed by atoms with van der Waals surface area (Å²) < 4.78 is 11.7. The predicted molar refractivity (Wildman–Crippen MR) is 122 cm³/mol. The summed E-state index contributed by atoms with van der Waals surface area (Å²) in [6.07, 6.45) is 3.77. The third-order valence-electron chi connectivity index (χ3n) is 6.47. The van der Waals surface area contributed by atoms with Crippen LogP contribution in [0.2, 0.25) is 0 Å². The summed E-state index contributed by atoms with van der Waals surface area (Å²) >= 11 is 0. The number of fused-ring (bicyclic) bond motifs is 1. The molecule has 4 rings (SSSR count). The SMILES string of the molecule is Cc1cc(C(=O)N2CCC3(CC(=O)CC(=O)c4cccnc4)OCC3C2)ccc1OC(C)C. The Morgan fingerprint density at radius 2 is 2.06 bits per heavy atom. The number of rotatable bonds is 8. The molecule has 0 aliphatic carbocycles. The zero-order chi connectivity index (χ0) is 23.6. The lowest BCUT2D eigenvalue weighted by Crippen LogP contribution is -2.64. The first-order valence-electron chi connectivity index (χ1n) is 11.4. The number of carbonyl (C=O) groups excluding carboxylic acids is 3.